The van der Waals surface area contributed by atoms with Crippen LogP contribution in [-0.2, 0) is 10.0 Å². The minimum Gasteiger partial charge on any atom is -0.369 e. The highest BCUT2D eigenvalue weighted by molar-refractivity contribution is 7.93. The van der Waals surface area contributed by atoms with Crippen molar-refractivity contribution in [1.29, 1.82) is 0 Å². The quantitative estimate of drug-likeness (QED) is 0.745. The average Bonchev–Trinajstić information content (AvgIpc) is 3.11. The van der Waals surface area contributed by atoms with E-state index in [1.54, 1.807) is 24.3 Å². The molecule has 1 saturated heterocycles. The standard InChI is InChI=1S/C17H19N5O3S/c1-21-9-11-22(12-10-21)14-7-5-13(6-8-14)20-26(23,24)16-4-2-3-15-17(16)19-25-18-15/h2-8,20H,9-12H2,1H3. The van der Waals surface area contributed by atoms with Crippen molar-refractivity contribution >= 4 is 32.4 Å². The van der Waals surface area contributed by atoms with Gasteiger partial charge in [-0.15, -0.1) is 0 Å². The Morgan fingerprint density at radius 1 is 1.00 bits per heavy atom. The lowest BCUT2D eigenvalue weighted by molar-refractivity contribution is 0.313. The van der Waals surface area contributed by atoms with Crippen molar-refractivity contribution in [2.75, 3.05) is 42.8 Å². The second-order valence-electron chi connectivity index (χ2n) is 6.33. The number of anilines is 2. The van der Waals surface area contributed by atoms with E-state index in [1.807, 2.05) is 12.1 Å². The molecule has 2 heterocycles. The van der Waals surface area contributed by atoms with E-state index in [1.165, 1.54) is 6.07 Å². The first-order valence-electron chi connectivity index (χ1n) is 8.31. The Morgan fingerprint density at radius 2 is 1.73 bits per heavy atom. The highest BCUT2D eigenvalue weighted by Gasteiger charge is 2.21. The summed E-state index contributed by atoms with van der Waals surface area (Å²) in [6, 6.07) is 12.1. The van der Waals surface area contributed by atoms with Crippen molar-refractivity contribution in [2.24, 2.45) is 0 Å². The van der Waals surface area contributed by atoms with Gasteiger partial charge in [-0.1, -0.05) is 6.07 Å². The van der Waals surface area contributed by atoms with Gasteiger partial charge in [-0.3, -0.25) is 4.72 Å². The molecule has 1 aliphatic heterocycles. The fourth-order valence-corrected chi connectivity index (χ4v) is 4.22. The smallest absolute Gasteiger partial charge is 0.264 e. The molecule has 0 radical (unpaired) electrons. The zero-order chi connectivity index (χ0) is 18.1. The van der Waals surface area contributed by atoms with Gasteiger partial charge in [0.05, 0.1) is 0 Å². The van der Waals surface area contributed by atoms with Gasteiger partial charge in [0.2, 0.25) is 0 Å². The molecule has 26 heavy (non-hydrogen) atoms. The van der Waals surface area contributed by atoms with Crippen molar-refractivity contribution in [3.63, 3.8) is 0 Å². The molecule has 8 nitrogen and oxygen atoms in total. The number of sulfonamides is 1. The molecule has 1 N–H and O–H groups in total. The van der Waals surface area contributed by atoms with Gasteiger partial charge in [0.1, 0.15) is 10.4 Å². The molecule has 136 valence electrons. The second-order valence-corrected chi connectivity index (χ2v) is 7.98. The van der Waals surface area contributed by atoms with Gasteiger partial charge in [0.15, 0.2) is 5.52 Å². The van der Waals surface area contributed by atoms with Gasteiger partial charge in [-0.2, -0.15) is 0 Å². The van der Waals surface area contributed by atoms with Gasteiger partial charge in [-0.25, -0.2) is 13.0 Å². The number of nitrogens with one attached hydrogen (secondary N) is 1. The predicted molar refractivity (Wildman–Crippen MR) is 98.8 cm³/mol. The topological polar surface area (TPSA) is 91.6 Å². The lowest BCUT2D eigenvalue weighted by Gasteiger charge is -2.34. The number of aromatic nitrogens is 2. The van der Waals surface area contributed by atoms with Gasteiger partial charge in [0.25, 0.3) is 10.0 Å². The molecule has 9 heteroatoms. The minimum atomic E-state index is -3.79. The Hall–Kier alpha value is -2.65. The summed E-state index contributed by atoms with van der Waals surface area (Å²) in [4.78, 5) is 4.62. The number of nitrogens with zero attached hydrogens (tertiary/aromatic N) is 4. The molecular formula is C17H19N5O3S. The Balaban J connectivity index is 1.54. The van der Waals surface area contributed by atoms with E-state index in [9.17, 15) is 8.42 Å². The second kappa shape index (κ2) is 6.58. The number of likely N-dealkylation sites (N-methyl/N-ethyl adjacent to an activating group) is 1. The van der Waals surface area contributed by atoms with Crippen molar-refractivity contribution in [3.8, 4) is 0 Å². The lowest BCUT2D eigenvalue weighted by atomic mass is 10.2. The Labute approximate surface area is 151 Å². The van der Waals surface area contributed by atoms with E-state index in [2.05, 4.69) is 36.5 Å². The third kappa shape index (κ3) is 3.23. The number of rotatable bonds is 4. The maximum Gasteiger partial charge on any atom is 0.264 e. The SMILES string of the molecule is CN1CCN(c2ccc(NS(=O)(=O)c3cccc4nonc34)cc2)CC1. The summed E-state index contributed by atoms with van der Waals surface area (Å²) in [6.45, 7) is 3.96. The highest BCUT2D eigenvalue weighted by Crippen LogP contribution is 2.24. The van der Waals surface area contributed by atoms with Crippen LogP contribution in [0.5, 0.6) is 0 Å². The Bertz CT molecular complexity index is 1010. The van der Waals surface area contributed by atoms with E-state index in [0.717, 1.165) is 31.9 Å². The monoisotopic (exact) mass is 373 g/mol. The van der Waals surface area contributed by atoms with E-state index >= 15 is 0 Å². The van der Waals surface area contributed by atoms with E-state index < -0.39 is 10.0 Å². The third-order valence-corrected chi connectivity index (χ3v) is 5.94. The van der Waals surface area contributed by atoms with E-state index in [0.29, 0.717) is 11.2 Å². The molecule has 4 rings (SSSR count). The fourth-order valence-electron chi connectivity index (χ4n) is 3.01. The molecule has 0 saturated carbocycles. The van der Waals surface area contributed by atoms with Crippen molar-refractivity contribution in [2.45, 2.75) is 4.90 Å². The Kier molecular flexibility index (Phi) is 4.25. The van der Waals surface area contributed by atoms with Gasteiger partial charge >= 0.3 is 0 Å². The fraction of sp³-hybridized carbons (Fsp3) is 0.294. The molecule has 1 aromatic heterocycles. The van der Waals surface area contributed by atoms with Gasteiger partial charge in [0, 0.05) is 37.6 Å². The summed E-state index contributed by atoms with van der Waals surface area (Å²) in [6.07, 6.45) is 0. The van der Waals surface area contributed by atoms with Crippen LogP contribution in [0.2, 0.25) is 0 Å². The molecule has 2 aromatic carbocycles. The predicted octanol–water partition coefficient (Wildman–Crippen LogP) is 1.78. The lowest BCUT2D eigenvalue weighted by Crippen LogP contribution is -2.44. The van der Waals surface area contributed by atoms with Gasteiger partial charge in [-0.05, 0) is 53.8 Å². The number of hydrogen-bond acceptors (Lipinski definition) is 7. The summed E-state index contributed by atoms with van der Waals surface area (Å²) in [7, 11) is -1.68. The number of piperazine rings is 1. The first kappa shape index (κ1) is 16.8. The normalized spacial score (nSPS) is 16.1. The van der Waals surface area contributed by atoms with Crippen molar-refractivity contribution in [3.05, 3.63) is 42.5 Å². The van der Waals surface area contributed by atoms with Crippen LogP contribution in [0.4, 0.5) is 11.4 Å². The van der Waals surface area contributed by atoms with Crippen LogP contribution in [0, 0.1) is 0 Å². The van der Waals surface area contributed by atoms with E-state index in [-0.39, 0.29) is 10.4 Å². The van der Waals surface area contributed by atoms with Crippen LogP contribution in [0.25, 0.3) is 11.0 Å². The molecule has 0 atom stereocenters. The summed E-state index contributed by atoms with van der Waals surface area (Å²) in [5.41, 5.74) is 2.20. The number of fused-ring (bicyclic) bond motifs is 1. The minimum absolute atomic E-state index is 0.0411. The Morgan fingerprint density at radius 3 is 2.46 bits per heavy atom. The van der Waals surface area contributed by atoms with Crippen LogP contribution in [0.1, 0.15) is 0 Å². The van der Waals surface area contributed by atoms with Crippen LogP contribution in [0.15, 0.2) is 52.0 Å². The molecule has 0 spiro atoms. The van der Waals surface area contributed by atoms with Crippen LogP contribution in [0.3, 0.4) is 0 Å². The van der Waals surface area contributed by atoms with Crippen LogP contribution < -0.4 is 9.62 Å². The van der Waals surface area contributed by atoms with Gasteiger partial charge < -0.3 is 9.80 Å². The summed E-state index contributed by atoms with van der Waals surface area (Å²) in [5.74, 6) is 0. The first-order chi connectivity index (χ1) is 12.5. The number of hydrogen-bond donors (Lipinski definition) is 1. The molecule has 1 aliphatic rings. The maximum atomic E-state index is 12.7. The third-order valence-electron chi connectivity index (χ3n) is 4.53. The number of benzene rings is 2. The summed E-state index contributed by atoms with van der Waals surface area (Å²) < 4.78 is 32.6. The molecular weight excluding hydrogens is 354 g/mol. The molecule has 0 bridgehead atoms. The summed E-state index contributed by atoms with van der Waals surface area (Å²) in [5, 5.41) is 7.37. The molecule has 0 aliphatic carbocycles. The summed E-state index contributed by atoms with van der Waals surface area (Å²) >= 11 is 0. The zero-order valence-electron chi connectivity index (χ0n) is 14.3. The molecule has 0 unspecified atom stereocenters. The van der Waals surface area contributed by atoms with Crippen LogP contribution >= 0.6 is 0 Å². The molecule has 1 fully saturated rings. The average molecular weight is 373 g/mol. The van der Waals surface area contributed by atoms with Crippen LogP contribution in [-0.4, -0.2) is 56.9 Å². The zero-order valence-corrected chi connectivity index (χ0v) is 15.1. The maximum absolute atomic E-state index is 12.7. The van der Waals surface area contributed by atoms with E-state index in [4.69, 9.17) is 0 Å². The van der Waals surface area contributed by atoms with Crippen molar-refractivity contribution in [1.82, 2.24) is 15.2 Å². The largest absolute Gasteiger partial charge is 0.369 e. The first-order valence-corrected chi connectivity index (χ1v) is 9.79. The molecule has 3 aromatic rings. The molecule has 0 amide bonds. The van der Waals surface area contributed by atoms with Crippen molar-refractivity contribution < 1.29 is 13.0 Å². The highest BCUT2D eigenvalue weighted by atomic mass is 32.2.